The van der Waals surface area contributed by atoms with Crippen LogP contribution in [-0.2, 0) is 9.53 Å². The summed E-state index contributed by atoms with van der Waals surface area (Å²) < 4.78 is 5.82. The van der Waals surface area contributed by atoms with Crippen molar-refractivity contribution in [3.8, 4) is 16.9 Å². The fraction of sp³-hybridized carbons (Fsp3) is 0.306. The maximum absolute atomic E-state index is 13.5. The van der Waals surface area contributed by atoms with E-state index in [0.717, 1.165) is 5.69 Å². The molecule has 0 radical (unpaired) electrons. The molecule has 0 aromatic heterocycles. The lowest BCUT2D eigenvalue weighted by atomic mass is 9.77. The van der Waals surface area contributed by atoms with E-state index in [0.29, 0.717) is 45.7 Å². The van der Waals surface area contributed by atoms with Crippen molar-refractivity contribution in [1.29, 1.82) is 0 Å². The highest BCUT2D eigenvalue weighted by Gasteiger charge is 2.49. The normalized spacial score (nSPS) is 26.9. The van der Waals surface area contributed by atoms with Crippen LogP contribution in [0, 0.1) is 5.92 Å². The Morgan fingerprint density at radius 2 is 1.57 bits per heavy atom. The number of hydrogen-bond acceptors (Lipinski definition) is 8. The maximum Gasteiger partial charge on any atom is 0.233 e. The third-order valence-corrected chi connectivity index (χ3v) is 9.28. The van der Waals surface area contributed by atoms with Gasteiger partial charge in [0, 0.05) is 16.3 Å². The van der Waals surface area contributed by atoms with Gasteiger partial charge in [0.2, 0.25) is 5.91 Å². The molecule has 4 aromatic rings. The molecule has 1 amide bonds. The maximum atomic E-state index is 13.5. The van der Waals surface area contributed by atoms with Crippen molar-refractivity contribution in [2.45, 2.75) is 55.5 Å². The number of aliphatic hydroxyl groups is 5. The van der Waals surface area contributed by atoms with Gasteiger partial charge in [-0.2, -0.15) is 0 Å². The zero-order chi connectivity index (χ0) is 32.5. The standard InChI is InChI=1S/C36H36ClNO8/c37-22-8-6-7-20(17-22)28(40)16-15-27-31(38(36(27)45)23-9-2-1-3-10-23)21-13-14-25(29(41)18-21)24-11-4-5-12-26(24)35-34(44)33(43)32(42)30(19-39)46-35/h1-14,17-18,27-28,30-35,39-44H,15-16,19H2/t27-,28+,30-,31-,32-,33+,34-,35+/m1/s1. The molecule has 0 spiro atoms. The SMILES string of the molecule is O=C1[C@H](CC[C@H](O)c2cccc(Cl)c2)[C@@H](c2ccc(-c3ccccc3[C@@H]3O[C@H](CO)[C@@H](O)[C@H](O)[C@H]3O)c(O)c2)N1c1ccccc1. The molecule has 46 heavy (non-hydrogen) atoms. The Kier molecular flexibility index (Phi) is 9.44. The first-order valence-electron chi connectivity index (χ1n) is 15.2. The Morgan fingerprint density at radius 3 is 2.28 bits per heavy atom. The first-order valence-corrected chi connectivity index (χ1v) is 15.6. The number of aromatic hydroxyl groups is 1. The molecule has 6 rings (SSSR count). The van der Waals surface area contributed by atoms with Gasteiger partial charge in [-0.3, -0.25) is 4.79 Å². The molecule has 2 saturated heterocycles. The Hall–Kier alpha value is -3.80. The zero-order valence-electron chi connectivity index (χ0n) is 24.8. The van der Waals surface area contributed by atoms with Crippen LogP contribution in [0.1, 0.15) is 47.8 Å². The van der Waals surface area contributed by atoms with Gasteiger partial charge in [-0.05, 0) is 65.4 Å². The number of phenols is 1. The number of anilines is 1. The lowest BCUT2D eigenvalue weighted by Gasteiger charge is -2.48. The predicted molar refractivity (Wildman–Crippen MR) is 172 cm³/mol. The largest absolute Gasteiger partial charge is 0.507 e. The van der Waals surface area contributed by atoms with E-state index in [1.807, 2.05) is 36.4 Å². The highest BCUT2D eigenvalue weighted by atomic mass is 35.5. The van der Waals surface area contributed by atoms with Gasteiger partial charge in [-0.1, -0.05) is 78.3 Å². The second kappa shape index (κ2) is 13.5. The van der Waals surface area contributed by atoms with Crippen LogP contribution in [-0.4, -0.2) is 67.6 Å². The number of amides is 1. The minimum Gasteiger partial charge on any atom is -0.507 e. The number of nitrogens with zero attached hydrogens (tertiary/aromatic N) is 1. The topological polar surface area (TPSA) is 151 Å². The van der Waals surface area contributed by atoms with Crippen molar-refractivity contribution in [1.82, 2.24) is 0 Å². The highest BCUT2D eigenvalue weighted by Crippen LogP contribution is 2.48. The van der Waals surface area contributed by atoms with Gasteiger partial charge in [-0.25, -0.2) is 0 Å². The Balaban J connectivity index is 1.30. The van der Waals surface area contributed by atoms with Gasteiger partial charge < -0.3 is 40.3 Å². The van der Waals surface area contributed by atoms with Crippen molar-refractivity contribution in [2.24, 2.45) is 5.92 Å². The molecule has 0 saturated carbocycles. The quantitative estimate of drug-likeness (QED) is 0.146. The second-order valence-corrected chi connectivity index (χ2v) is 12.3. The molecule has 2 aliphatic heterocycles. The lowest BCUT2D eigenvalue weighted by Crippen LogP contribution is -2.55. The number of β-lactam (4-membered cyclic amide) rings is 1. The van der Waals surface area contributed by atoms with Crippen LogP contribution < -0.4 is 4.90 Å². The van der Waals surface area contributed by atoms with Gasteiger partial charge in [0.1, 0.15) is 36.3 Å². The molecular formula is C36H36ClNO8. The van der Waals surface area contributed by atoms with Crippen molar-refractivity contribution in [2.75, 3.05) is 11.5 Å². The summed E-state index contributed by atoms with van der Waals surface area (Å²) in [5.41, 5.74) is 3.52. The Labute approximate surface area is 271 Å². The number of aliphatic hydroxyl groups excluding tert-OH is 5. The predicted octanol–water partition coefficient (Wildman–Crippen LogP) is 4.45. The van der Waals surface area contributed by atoms with Gasteiger partial charge in [0.05, 0.1) is 24.7 Å². The second-order valence-electron chi connectivity index (χ2n) is 11.9. The van der Waals surface area contributed by atoms with Crippen LogP contribution in [0.15, 0.2) is 97.1 Å². The van der Waals surface area contributed by atoms with E-state index in [1.54, 1.807) is 65.6 Å². The number of ether oxygens (including phenoxy) is 1. The zero-order valence-corrected chi connectivity index (χ0v) is 25.6. The summed E-state index contributed by atoms with van der Waals surface area (Å²) in [6.07, 6.45) is -6.74. The molecule has 8 atom stereocenters. The lowest BCUT2D eigenvalue weighted by molar-refractivity contribution is -0.231. The van der Waals surface area contributed by atoms with Crippen LogP contribution >= 0.6 is 11.6 Å². The van der Waals surface area contributed by atoms with Crippen molar-refractivity contribution >= 4 is 23.2 Å². The average molecular weight is 646 g/mol. The molecule has 0 unspecified atom stereocenters. The van der Waals surface area contributed by atoms with E-state index in [-0.39, 0.29) is 11.7 Å². The molecule has 0 bridgehead atoms. The monoisotopic (exact) mass is 645 g/mol. The molecule has 6 N–H and O–H groups in total. The number of halogens is 1. The van der Waals surface area contributed by atoms with E-state index in [9.17, 15) is 35.4 Å². The summed E-state index contributed by atoms with van der Waals surface area (Å²) in [6.45, 7) is -0.557. The molecular weight excluding hydrogens is 610 g/mol. The summed E-state index contributed by atoms with van der Waals surface area (Å²) in [4.78, 5) is 15.2. The number of hydrogen-bond donors (Lipinski definition) is 6. The Bertz CT molecular complexity index is 1680. The van der Waals surface area contributed by atoms with Gasteiger partial charge >= 0.3 is 0 Å². The molecule has 2 fully saturated rings. The summed E-state index contributed by atoms with van der Waals surface area (Å²) in [5.74, 6) is -0.591. The highest BCUT2D eigenvalue weighted by molar-refractivity contribution is 6.30. The van der Waals surface area contributed by atoms with Gasteiger partial charge in [-0.15, -0.1) is 0 Å². The number of carbonyl (C=O) groups is 1. The first-order chi connectivity index (χ1) is 22.2. The average Bonchev–Trinajstić information content (AvgIpc) is 3.06. The van der Waals surface area contributed by atoms with Crippen molar-refractivity contribution in [3.63, 3.8) is 0 Å². The molecule has 2 aliphatic rings. The van der Waals surface area contributed by atoms with Crippen molar-refractivity contribution in [3.05, 3.63) is 119 Å². The van der Waals surface area contributed by atoms with Crippen LogP contribution in [0.5, 0.6) is 5.75 Å². The Morgan fingerprint density at radius 1 is 0.826 bits per heavy atom. The molecule has 4 aromatic carbocycles. The van der Waals surface area contributed by atoms with Gasteiger partial charge in [0.15, 0.2) is 0 Å². The van der Waals surface area contributed by atoms with Crippen LogP contribution in [0.3, 0.4) is 0 Å². The van der Waals surface area contributed by atoms with Gasteiger partial charge in [0.25, 0.3) is 0 Å². The molecule has 0 aliphatic carbocycles. The molecule has 2 heterocycles. The van der Waals surface area contributed by atoms with E-state index in [2.05, 4.69) is 0 Å². The summed E-state index contributed by atoms with van der Waals surface area (Å²) in [7, 11) is 0. The van der Waals surface area contributed by atoms with Crippen LogP contribution in [0.25, 0.3) is 11.1 Å². The molecule has 10 heteroatoms. The number of carbonyl (C=O) groups excluding carboxylic acids is 1. The first kappa shape index (κ1) is 32.2. The minimum atomic E-state index is -1.55. The number of para-hydroxylation sites is 1. The van der Waals surface area contributed by atoms with E-state index in [1.165, 1.54) is 0 Å². The van der Waals surface area contributed by atoms with Crippen LogP contribution in [0.2, 0.25) is 5.02 Å². The van der Waals surface area contributed by atoms with E-state index in [4.69, 9.17) is 16.3 Å². The molecule has 240 valence electrons. The number of rotatable bonds is 9. The van der Waals surface area contributed by atoms with E-state index < -0.39 is 55.2 Å². The summed E-state index contributed by atoms with van der Waals surface area (Å²) in [5, 5.41) is 63.9. The number of phenolic OH excluding ortho intramolecular Hbond substituents is 1. The smallest absolute Gasteiger partial charge is 0.233 e. The number of benzene rings is 4. The van der Waals surface area contributed by atoms with Crippen molar-refractivity contribution < 1.29 is 40.2 Å². The molecule has 9 nitrogen and oxygen atoms in total. The van der Waals surface area contributed by atoms with E-state index >= 15 is 0 Å². The fourth-order valence-corrected chi connectivity index (χ4v) is 6.81. The third-order valence-electron chi connectivity index (χ3n) is 9.05. The fourth-order valence-electron chi connectivity index (χ4n) is 6.62. The van der Waals surface area contributed by atoms with Crippen LogP contribution in [0.4, 0.5) is 5.69 Å². The summed E-state index contributed by atoms with van der Waals surface area (Å²) in [6, 6.07) is 28.0. The third kappa shape index (κ3) is 6.03. The minimum absolute atomic E-state index is 0.0698. The summed E-state index contributed by atoms with van der Waals surface area (Å²) >= 11 is 6.12.